The minimum Gasteiger partial charge on any atom is -0.489 e. The summed E-state index contributed by atoms with van der Waals surface area (Å²) in [6.45, 7) is 12.5. The number of para-hydroxylation sites is 1. The summed E-state index contributed by atoms with van der Waals surface area (Å²) in [6.07, 6.45) is 7.08. The fourth-order valence-electron chi connectivity index (χ4n) is 4.42. The summed E-state index contributed by atoms with van der Waals surface area (Å²) in [5, 5.41) is 0. The highest BCUT2D eigenvalue weighted by Crippen LogP contribution is 2.25. The highest BCUT2D eigenvalue weighted by atomic mass is 16.5. The second-order valence-electron chi connectivity index (χ2n) is 8.31. The van der Waals surface area contributed by atoms with Gasteiger partial charge in [-0.25, -0.2) is 0 Å². The third-order valence-electron chi connectivity index (χ3n) is 6.04. The zero-order valence-electron chi connectivity index (χ0n) is 18.1. The number of benzene rings is 1. The van der Waals surface area contributed by atoms with Crippen LogP contribution >= 0.6 is 0 Å². The van der Waals surface area contributed by atoms with E-state index in [-0.39, 0.29) is 0 Å². The van der Waals surface area contributed by atoms with Crippen LogP contribution in [0, 0.1) is 5.92 Å². The Morgan fingerprint density at radius 1 is 1.21 bits per heavy atom. The molecule has 2 aliphatic heterocycles. The third kappa shape index (κ3) is 7.41. The molecule has 29 heavy (non-hydrogen) atoms. The molecular weight excluding hydrogens is 364 g/mol. The fraction of sp³-hybridized carbons (Fsp3) is 0.667. The van der Waals surface area contributed by atoms with E-state index in [1.807, 2.05) is 6.07 Å². The normalized spacial score (nSPS) is 21.0. The lowest BCUT2D eigenvalue weighted by molar-refractivity contribution is 0.0548. The smallest absolute Gasteiger partial charge is 0.124 e. The molecule has 0 saturated carbocycles. The van der Waals surface area contributed by atoms with E-state index in [9.17, 15) is 0 Å². The van der Waals surface area contributed by atoms with Crippen molar-refractivity contribution in [3.05, 3.63) is 42.5 Å². The van der Waals surface area contributed by atoms with Gasteiger partial charge in [0.1, 0.15) is 12.4 Å². The zero-order chi connectivity index (χ0) is 20.3. The highest BCUT2D eigenvalue weighted by molar-refractivity contribution is 5.33. The summed E-state index contributed by atoms with van der Waals surface area (Å²) in [7, 11) is 1.78. The minimum atomic E-state index is 0.373. The van der Waals surface area contributed by atoms with Crippen LogP contribution in [0.15, 0.2) is 36.9 Å². The quantitative estimate of drug-likeness (QED) is 0.499. The molecule has 3 rings (SSSR count). The maximum atomic E-state index is 5.96. The van der Waals surface area contributed by atoms with E-state index in [0.717, 1.165) is 51.1 Å². The zero-order valence-corrected chi connectivity index (χ0v) is 18.1. The molecule has 1 atom stereocenters. The van der Waals surface area contributed by atoms with Gasteiger partial charge < -0.3 is 19.1 Å². The van der Waals surface area contributed by atoms with Gasteiger partial charge in [0.2, 0.25) is 0 Å². The van der Waals surface area contributed by atoms with E-state index in [1.54, 1.807) is 13.2 Å². The Morgan fingerprint density at radius 2 is 2.03 bits per heavy atom. The molecule has 0 radical (unpaired) electrons. The Hall–Kier alpha value is -1.40. The highest BCUT2D eigenvalue weighted by Gasteiger charge is 2.25. The lowest BCUT2D eigenvalue weighted by atomic mass is 9.95. The molecule has 0 unspecified atom stereocenters. The second-order valence-corrected chi connectivity index (χ2v) is 8.31. The number of rotatable bonds is 12. The molecule has 1 aromatic carbocycles. The molecule has 5 heteroatoms. The Labute approximate surface area is 176 Å². The first-order valence-corrected chi connectivity index (χ1v) is 11.2. The van der Waals surface area contributed by atoms with E-state index < -0.39 is 0 Å². The van der Waals surface area contributed by atoms with Gasteiger partial charge in [-0.1, -0.05) is 30.9 Å². The molecule has 2 heterocycles. The average Bonchev–Trinajstić information content (AvgIpc) is 3.25. The predicted octanol–water partition coefficient (Wildman–Crippen LogP) is 3.59. The molecule has 2 fully saturated rings. The van der Waals surface area contributed by atoms with Crippen molar-refractivity contribution in [1.29, 1.82) is 0 Å². The summed E-state index contributed by atoms with van der Waals surface area (Å²) >= 11 is 0. The Morgan fingerprint density at radius 3 is 2.76 bits per heavy atom. The Balaban J connectivity index is 1.59. The molecular formula is C24H38N2O3. The van der Waals surface area contributed by atoms with Crippen molar-refractivity contribution in [2.24, 2.45) is 5.92 Å². The van der Waals surface area contributed by atoms with Crippen molar-refractivity contribution in [3.63, 3.8) is 0 Å². The monoisotopic (exact) mass is 402 g/mol. The fourth-order valence-corrected chi connectivity index (χ4v) is 4.42. The molecule has 0 N–H and O–H groups in total. The SMILES string of the molecule is C=CCOc1ccccc1CN(CC1CCN(CCOC)CC1)C[C@H]1CCCO1. The van der Waals surface area contributed by atoms with Crippen LogP contribution in [0.1, 0.15) is 31.2 Å². The number of nitrogens with zero attached hydrogens (tertiary/aromatic N) is 2. The summed E-state index contributed by atoms with van der Waals surface area (Å²) in [5.41, 5.74) is 1.25. The van der Waals surface area contributed by atoms with Gasteiger partial charge in [-0.3, -0.25) is 4.90 Å². The molecule has 2 aliphatic rings. The van der Waals surface area contributed by atoms with Crippen LogP contribution in [0.4, 0.5) is 0 Å². The molecule has 0 aliphatic carbocycles. The van der Waals surface area contributed by atoms with Gasteiger partial charge in [0, 0.05) is 45.5 Å². The number of likely N-dealkylation sites (tertiary alicyclic amines) is 1. The van der Waals surface area contributed by atoms with Gasteiger partial charge >= 0.3 is 0 Å². The van der Waals surface area contributed by atoms with E-state index >= 15 is 0 Å². The first-order chi connectivity index (χ1) is 14.3. The molecule has 0 aromatic heterocycles. The molecule has 5 nitrogen and oxygen atoms in total. The third-order valence-corrected chi connectivity index (χ3v) is 6.04. The summed E-state index contributed by atoms with van der Waals surface area (Å²) in [4.78, 5) is 5.13. The van der Waals surface area contributed by atoms with Crippen LogP contribution in [0.25, 0.3) is 0 Å². The van der Waals surface area contributed by atoms with Crippen LogP contribution in [0.3, 0.4) is 0 Å². The van der Waals surface area contributed by atoms with Gasteiger partial charge in [-0.2, -0.15) is 0 Å². The second kappa shape index (κ2) is 12.3. The maximum Gasteiger partial charge on any atom is 0.124 e. The van der Waals surface area contributed by atoms with Crippen molar-refractivity contribution in [1.82, 2.24) is 9.80 Å². The summed E-state index contributed by atoms with van der Waals surface area (Å²) in [5.74, 6) is 1.72. The topological polar surface area (TPSA) is 34.2 Å². The maximum absolute atomic E-state index is 5.96. The van der Waals surface area contributed by atoms with E-state index in [4.69, 9.17) is 14.2 Å². The summed E-state index contributed by atoms with van der Waals surface area (Å²) < 4.78 is 17.1. The predicted molar refractivity (Wildman–Crippen MR) is 117 cm³/mol. The minimum absolute atomic E-state index is 0.373. The van der Waals surface area contributed by atoms with Crippen LogP contribution in [-0.2, 0) is 16.0 Å². The van der Waals surface area contributed by atoms with Crippen molar-refractivity contribution >= 4 is 0 Å². The average molecular weight is 403 g/mol. The van der Waals surface area contributed by atoms with Gasteiger partial charge in [-0.05, 0) is 50.8 Å². The lowest BCUT2D eigenvalue weighted by Gasteiger charge is -2.35. The molecule has 1 aromatic rings. The number of methoxy groups -OCH3 is 1. The number of piperidine rings is 1. The van der Waals surface area contributed by atoms with E-state index in [1.165, 1.54) is 44.3 Å². The molecule has 162 valence electrons. The standard InChI is InChI=1S/C24H38N2O3/c1-3-15-29-24-9-5-4-7-22(24)19-26(20-23-8-6-16-28-23)18-21-10-12-25(13-11-21)14-17-27-2/h3-5,7,9,21,23H,1,6,8,10-20H2,2H3/t23-/m1/s1. The van der Waals surface area contributed by atoms with Gasteiger partial charge in [0.05, 0.1) is 12.7 Å². The van der Waals surface area contributed by atoms with Gasteiger partial charge in [0.25, 0.3) is 0 Å². The number of ether oxygens (including phenoxy) is 3. The van der Waals surface area contributed by atoms with Gasteiger partial charge in [-0.15, -0.1) is 0 Å². The van der Waals surface area contributed by atoms with Crippen molar-refractivity contribution in [2.75, 3.05) is 59.7 Å². The molecule has 0 bridgehead atoms. The first-order valence-electron chi connectivity index (χ1n) is 11.2. The van der Waals surface area contributed by atoms with Crippen molar-refractivity contribution in [2.45, 2.75) is 38.3 Å². The van der Waals surface area contributed by atoms with E-state index in [2.05, 4.69) is 34.6 Å². The molecule has 0 spiro atoms. The van der Waals surface area contributed by atoms with Crippen molar-refractivity contribution < 1.29 is 14.2 Å². The summed E-state index contributed by atoms with van der Waals surface area (Å²) in [6, 6.07) is 8.41. The Bertz CT molecular complexity index is 596. The Kier molecular flexibility index (Phi) is 9.48. The van der Waals surface area contributed by atoms with E-state index in [0.29, 0.717) is 12.7 Å². The molecule has 0 amide bonds. The van der Waals surface area contributed by atoms with Crippen LogP contribution in [0.5, 0.6) is 5.75 Å². The molecule has 2 saturated heterocycles. The van der Waals surface area contributed by atoms with Gasteiger partial charge in [0.15, 0.2) is 0 Å². The largest absolute Gasteiger partial charge is 0.489 e. The lowest BCUT2D eigenvalue weighted by Crippen LogP contribution is -2.41. The number of hydrogen-bond donors (Lipinski definition) is 0. The van der Waals surface area contributed by atoms with Crippen molar-refractivity contribution in [3.8, 4) is 5.75 Å². The van der Waals surface area contributed by atoms with Crippen LogP contribution < -0.4 is 4.74 Å². The number of hydrogen-bond acceptors (Lipinski definition) is 5. The van der Waals surface area contributed by atoms with Crippen LogP contribution in [-0.4, -0.2) is 75.6 Å². The van der Waals surface area contributed by atoms with Crippen LogP contribution in [0.2, 0.25) is 0 Å². The first kappa shape index (κ1) is 22.3.